The number of carboxylic acid groups (broad SMARTS) is 1. The van der Waals surface area contributed by atoms with E-state index in [1.54, 1.807) is 6.20 Å². The standard InChI is InChI=1S/C15H16N2O5/c16-11(15(21)22-14(20)6-5-13(18)19)7-9-8-17-12-4-2-1-3-10(9)12/h1-4,8,11,17H,5-7,16H2,(H,18,19)/t11-/m0/s1. The molecule has 0 saturated carbocycles. The van der Waals surface area contributed by atoms with Crippen molar-refractivity contribution >= 4 is 28.8 Å². The molecule has 4 N–H and O–H groups in total. The van der Waals surface area contributed by atoms with Gasteiger partial charge in [0.1, 0.15) is 6.04 Å². The molecule has 1 heterocycles. The molecular weight excluding hydrogens is 288 g/mol. The van der Waals surface area contributed by atoms with E-state index >= 15 is 0 Å². The maximum Gasteiger partial charge on any atom is 0.330 e. The number of hydrogen-bond donors (Lipinski definition) is 3. The normalized spacial score (nSPS) is 12.0. The van der Waals surface area contributed by atoms with Crippen molar-refractivity contribution in [1.82, 2.24) is 4.98 Å². The molecule has 0 aliphatic rings. The number of nitrogens with two attached hydrogens (primary N) is 1. The molecule has 0 amide bonds. The van der Waals surface area contributed by atoms with Crippen molar-refractivity contribution in [3.63, 3.8) is 0 Å². The molecule has 0 spiro atoms. The zero-order valence-corrected chi connectivity index (χ0v) is 11.7. The summed E-state index contributed by atoms with van der Waals surface area (Å²) in [7, 11) is 0. The van der Waals surface area contributed by atoms with Crippen LogP contribution in [0.5, 0.6) is 0 Å². The second-order valence-corrected chi connectivity index (χ2v) is 4.86. The quantitative estimate of drug-likeness (QED) is 0.540. The van der Waals surface area contributed by atoms with Gasteiger partial charge in [0.15, 0.2) is 0 Å². The van der Waals surface area contributed by atoms with Crippen LogP contribution in [0.15, 0.2) is 30.5 Å². The zero-order chi connectivity index (χ0) is 16.1. The molecule has 2 aromatic rings. The Labute approximate surface area is 126 Å². The molecule has 0 saturated heterocycles. The predicted molar refractivity (Wildman–Crippen MR) is 77.9 cm³/mol. The van der Waals surface area contributed by atoms with Crippen molar-refractivity contribution in [1.29, 1.82) is 0 Å². The van der Waals surface area contributed by atoms with Crippen LogP contribution in [-0.2, 0) is 25.5 Å². The lowest BCUT2D eigenvalue weighted by molar-refractivity contribution is -0.161. The SMILES string of the molecule is N[C@@H](Cc1c[nH]c2ccccc12)C(=O)OC(=O)CCC(=O)O. The molecule has 1 atom stereocenters. The maximum atomic E-state index is 11.7. The average Bonchev–Trinajstić information content (AvgIpc) is 2.88. The average molecular weight is 304 g/mol. The van der Waals surface area contributed by atoms with Gasteiger partial charge in [-0.25, -0.2) is 4.79 Å². The summed E-state index contributed by atoms with van der Waals surface area (Å²) in [6.07, 6.45) is 1.23. The van der Waals surface area contributed by atoms with E-state index in [0.29, 0.717) is 0 Å². The minimum atomic E-state index is -1.13. The van der Waals surface area contributed by atoms with Crippen LogP contribution in [0.2, 0.25) is 0 Å². The van der Waals surface area contributed by atoms with E-state index in [-0.39, 0.29) is 19.3 Å². The lowest BCUT2D eigenvalue weighted by Crippen LogP contribution is -2.35. The number of fused-ring (bicyclic) bond motifs is 1. The van der Waals surface area contributed by atoms with Crippen LogP contribution in [0.3, 0.4) is 0 Å². The largest absolute Gasteiger partial charge is 0.481 e. The maximum absolute atomic E-state index is 11.7. The first-order chi connectivity index (χ1) is 10.5. The monoisotopic (exact) mass is 304 g/mol. The third-order valence-corrected chi connectivity index (χ3v) is 3.17. The van der Waals surface area contributed by atoms with Crippen LogP contribution >= 0.6 is 0 Å². The summed E-state index contributed by atoms with van der Waals surface area (Å²) in [5.41, 5.74) is 7.52. The van der Waals surface area contributed by atoms with Crippen LogP contribution < -0.4 is 5.73 Å². The summed E-state index contributed by atoms with van der Waals surface area (Å²) in [6, 6.07) is 6.57. The molecular formula is C15H16N2O5. The number of rotatable bonds is 6. The van der Waals surface area contributed by atoms with E-state index in [2.05, 4.69) is 9.72 Å². The van der Waals surface area contributed by atoms with Crippen molar-refractivity contribution in [3.05, 3.63) is 36.0 Å². The summed E-state index contributed by atoms with van der Waals surface area (Å²) < 4.78 is 4.55. The molecule has 0 aliphatic carbocycles. The number of aromatic nitrogens is 1. The van der Waals surface area contributed by atoms with E-state index < -0.39 is 23.9 Å². The van der Waals surface area contributed by atoms with Gasteiger partial charge in [0.25, 0.3) is 0 Å². The molecule has 0 radical (unpaired) electrons. The highest BCUT2D eigenvalue weighted by atomic mass is 16.6. The smallest absolute Gasteiger partial charge is 0.330 e. The Morgan fingerprint density at radius 2 is 1.95 bits per heavy atom. The molecule has 0 bridgehead atoms. The van der Waals surface area contributed by atoms with Crippen LogP contribution in [0.1, 0.15) is 18.4 Å². The van der Waals surface area contributed by atoms with Crippen molar-refractivity contribution in [3.8, 4) is 0 Å². The Morgan fingerprint density at radius 3 is 2.68 bits per heavy atom. The first kappa shape index (κ1) is 15.7. The van der Waals surface area contributed by atoms with Crippen LogP contribution in [0.25, 0.3) is 10.9 Å². The minimum Gasteiger partial charge on any atom is -0.481 e. The van der Waals surface area contributed by atoms with Gasteiger partial charge < -0.3 is 20.6 Å². The molecule has 116 valence electrons. The van der Waals surface area contributed by atoms with Crippen molar-refractivity contribution in [2.24, 2.45) is 5.73 Å². The highest BCUT2D eigenvalue weighted by Crippen LogP contribution is 2.18. The van der Waals surface area contributed by atoms with Gasteiger partial charge in [0.05, 0.1) is 12.8 Å². The van der Waals surface area contributed by atoms with Crippen molar-refractivity contribution in [2.75, 3.05) is 0 Å². The zero-order valence-electron chi connectivity index (χ0n) is 11.7. The Balaban J connectivity index is 1.94. The summed E-state index contributed by atoms with van der Waals surface area (Å²) in [5.74, 6) is -2.88. The summed E-state index contributed by atoms with van der Waals surface area (Å²) >= 11 is 0. The Bertz CT molecular complexity index is 707. The highest BCUT2D eigenvalue weighted by molar-refractivity contribution is 5.90. The number of para-hydroxylation sites is 1. The summed E-state index contributed by atoms with van der Waals surface area (Å²) in [4.78, 5) is 36.4. The second-order valence-electron chi connectivity index (χ2n) is 4.86. The number of esters is 2. The number of ether oxygens (including phenoxy) is 1. The molecule has 1 aromatic carbocycles. The van der Waals surface area contributed by atoms with E-state index in [0.717, 1.165) is 16.5 Å². The fraction of sp³-hybridized carbons (Fsp3) is 0.267. The lowest BCUT2D eigenvalue weighted by Gasteiger charge is -2.09. The number of H-pyrrole nitrogens is 1. The van der Waals surface area contributed by atoms with Gasteiger partial charge in [-0.15, -0.1) is 0 Å². The molecule has 1 aromatic heterocycles. The van der Waals surface area contributed by atoms with Crippen LogP contribution in [0, 0.1) is 0 Å². The number of hydrogen-bond acceptors (Lipinski definition) is 5. The van der Waals surface area contributed by atoms with Crippen molar-refractivity contribution in [2.45, 2.75) is 25.3 Å². The number of benzene rings is 1. The number of carbonyl (C=O) groups excluding carboxylic acids is 2. The number of aliphatic carboxylic acids is 1. The van der Waals surface area contributed by atoms with E-state index in [1.807, 2.05) is 24.3 Å². The molecule has 0 unspecified atom stereocenters. The van der Waals surface area contributed by atoms with Gasteiger partial charge in [-0.2, -0.15) is 0 Å². The molecule has 7 nitrogen and oxygen atoms in total. The van der Waals surface area contributed by atoms with Gasteiger partial charge in [-0.05, 0) is 11.6 Å². The van der Waals surface area contributed by atoms with Gasteiger partial charge in [-0.3, -0.25) is 9.59 Å². The van der Waals surface area contributed by atoms with Crippen LogP contribution in [-0.4, -0.2) is 34.0 Å². The fourth-order valence-corrected chi connectivity index (χ4v) is 2.07. The summed E-state index contributed by atoms with van der Waals surface area (Å²) in [6.45, 7) is 0. The molecule has 2 rings (SSSR count). The minimum absolute atomic E-state index is 0.217. The van der Waals surface area contributed by atoms with E-state index in [9.17, 15) is 14.4 Å². The van der Waals surface area contributed by atoms with Gasteiger partial charge >= 0.3 is 17.9 Å². The number of nitrogens with one attached hydrogen (secondary N) is 1. The number of carbonyl (C=O) groups is 3. The van der Waals surface area contributed by atoms with Gasteiger partial charge in [0, 0.05) is 23.5 Å². The Kier molecular flexibility index (Phi) is 4.90. The van der Waals surface area contributed by atoms with Crippen LogP contribution in [0.4, 0.5) is 0 Å². The second kappa shape index (κ2) is 6.86. The number of aromatic amines is 1. The third-order valence-electron chi connectivity index (χ3n) is 3.17. The Hall–Kier alpha value is -2.67. The molecule has 0 fully saturated rings. The first-order valence-electron chi connectivity index (χ1n) is 6.74. The Morgan fingerprint density at radius 1 is 1.23 bits per heavy atom. The molecule has 0 aliphatic heterocycles. The molecule has 7 heteroatoms. The fourth-order valence-electron chi connectivity index (χ4n) is 2.07. The predicted octanol–water partition coefficient (Wildman–Crippen LogP) is 0.972. The first-order valence-corrected chi connectivity index (χ1v) is 6.74. The van der Waals surface area contributed by atoms with E-state index in [4.69, 9.17) is 10.8 Å². The lowest BCUT2D eigenvalue weighted by atomic mass is 10.1. The van der Waals surface area contributed by atoms with Crippen molar-refractivity contribution < 1.29 is 24.2 Å². The molecule has 22 heavy (non-hydrogen) atoms. The van der Waals surface area contributed by atoms with E-state index in [1.165, 1.54) is 0 Å². The highest BCUT2D eigenvalue weighted by Gasteiger charge is 2.21. The third kappa shape index (κ3) is 3.92. The van der Waals surface area contributed by atoms with Gasteiger partial charge in [0.2, 0.25) is 0 Å². The summed E-state index contributed by atoms with van der Waals surface area (Å²) in [5, 5.41) is 9.40. The topological polar surface area (TPSA) is 122 Å². The number of carboxylic acids is 1. The van der Waals surface area contributed by atoms with Gasteiger partial charge in [-0.1, -0.05) is 18.2 Å².